The molecule has 0 saturated carbocycles. The number of thioether (sulfide) groups is 1. The molecule has 3 aromatic rings. The quantitative estimate of drug-likeness (QED) is 0.538. The Morgan fingerprint density at radius 3 is 2.37 bits per heavy atom. The molecule has 2 amide bonds. The van der Waals surface area contributed by atoms with E-state index in [1.165, 1.54) is 16.7 Å². The van der Waals surface area contributed by atoms with Gasteiger partial charge in [-0.2, -0.15) is 0 Å². The van der Waals surface area contributed by atoms with Gasteiger partial charge in [-0.3, -0.25) is 19.5 Å². The summed E-state index contributed by atoms with van der Waals surface area (Å²) in [5.74, 6) is 0.121. The summed E-state index contributed by atoms with van der Waals surface area (Å²) in [6.45, 7) is 4.17. The van der Waals surface area contributed by atoms with Crippen molar-refractivity contribution >= 4 is 29.1 Å². The Morgan fingerprint density at radius 2 is 1.67 bits per heavy atom. The zero-order chi connectivity index (χ0) is 21.1. The van der Waals surface area contributed by atoms with Crippen LogP contribution in [0.3, 0.4) is 0 Å². The van der Waals surface area contributed by atoms with Crippen LogP contribution in [0.1, 0.15) is 27.9 Å². The summed E-state index contributed by atoms with van der Waals surface area (Å²) in [5, 5.41) is 0. The number of amides is 2. The molecule has 0 fully saturated rings. The Kier molecular flexibility index (Phi) is 5.81. The number of hydrogen-bond donors (Lipinski definition) is 0. The van der Waals surface area contributed by atoms with Crippen molar-refractivity contribution in [3.63, 3.8) is 0 Å². The van der Waals surface area contributed by atoms with Gasteiger partial charge in [-0.15, -0.1) is 11.8 Å². The molecule has 1 aromatic heterocycles. The summed E-state index contributed by atoms with van der Waals surface area (Å²) in [6.07, 6.45) is 1.67. The van der Waals surface area contributed by atoms with Gasteiger partial charge in [0.1, 0.15) is 0 Å². The summed E-state index contributed by atoms with van der Waals surface area (Å²) >= 11 is 1.43. The van der Waals surface area contributed by atoms with Crippen LogP contribution in [-0.4, -0.2) is 21.7 Å². The van der Waals surface area contributed by atoms with E-state index < -0.39 is 0 Å². The lowest BCUT2D eigenvalue weighted by atomic mass is 9.99. The van der Waals surface area contributed by atoms with E-state index in [4.69, 9.17) is 0 Å². The Morgan fingerprint density at radius 1 is 0.900 bits per heavy atom. The van der Waals surface area contributed by atoms with E-state index in [0.717, 1.165) is 22.3 Å². The molecule has 0 radical (unpaired) electrons. The normalized spacial score (nSPS) is 14.0. The molecule has 1 aliphatic rings. The van der Waals surface area contributed by atoms with Gasteiger partial charge in [-0.1, -0.05) is 60.2 Å². The van der Waals surface area contributed by atoms with Crippen LogP contribution in [0, 0.1) is 13.8 Å². The molecule has 5 heteroatoms. The van der Waals surface area contributed by atoms with E-state index in [0.29, 0.717) is 21.9 Å². The second-order valence-electron chi connectivity index (χ2n) is 7.31. The highest BCUT2D eigenvalue weighted by molar-refractivity contribution is 8.03. The van der Waals surface area contributed by atoms with Crippen LogP contribution >= 0.6 is 11.8 Å². The van der Waals surface area contributed by atoms with Gasteiger partial charge in [-0.25, -0.2) is 0 Å². The molecular formula is C25H22N2O2S. The fraction of sp³-hybridized carbons (Fsp3) is 0.160. The Balaban J connectivity index is 1.71. The van der Waals surface area contributed by atoms with Gasteiger partial charge in [-0.05, 0) is 42.7 Å². The van der Waals surface area contributed by atoms with Crippen LogP contribution < -0.4 is 0 Å². The van der Waals surface area contributed by atoms with Gasteiger partial charge in [0.2, 0.25) is 0 Å². The molecule has 0 aliphatic carbocycles. The number of benzene rings is 2. The van der Waals surface area contributed by atoms with Crippen molar-refractivity contribution < 1.29 is 9.59 Å². The molecule has 0 bridgehead atoms. The van der Waals surface area contributed by atoms with Crippen LogP contribution in [-0.2, 0) is 21.9 Å². The van der Waals surface area contributed by atoms with Crippen molar-refractivity contribution in [2.75, 3.05) is 0 Å². The first kappa shape index (κ1) is 20.1. The maximum absolute atomic E-state index is 13.4. The molecule has 1 aliphatic heterocycles. The third-order valence-electron chi connectivity index (χ3n) is 5.05. The molecule has 2 heterocycles. The lowest BCUT2D eigenvalue weighted by Crippen LogP contribution is -2.31. The van der Waals surface area contributed by atoms with Crippen LogP contribution in [0.15, 0.2) is 77.8 Å². The van der Waals surface area contributed by atoms with Gasteiger partial charge >= 0.3 is 0 Å². The molecule has 0 saturated heterocycles. The second-order valence-corrected chi connectivity index (χ2v) is 8.30. The minimum Gasteiger partial charge on any atom is -0.269 e. The van der Waals surface area contributed by atoms with E-state index >= 15 is 0 Å². The van der Waals surface area contributed by atoms with Crippen molar-refractivity contribution in [2.24, 2.45) is 0 Å². The third kappa shape index (κ3) is 4.07. The molecule has 0 atom stereocenters. The van der Waals surface area contributed by atoms with Gasteiger partial charge in [0.15, 0.2) is 0 Å². The maximum Gasteiger partial charge on any atom is 0.268 e. The average molecular weight is 415 g/mol. The highest BCUT2D eigenvalue weighted by atomic mass is 32.2. The SMILES string of the molecule is Cc1ccc(C2=C(SCc3ccccc3)C(=O)N(Cc3ccccn3)C2=O)c(C)c1. The number of aromatic nitrogens is 1. The van der Waals surface area contributed by atoms with Gasteiger partial charge in [0.05, 0.1) is 22.7 Å². The van der Waals surface area contributed by atoms with E-state index in [1.807, 2.05) is 80.6 Å². The first-order chi connectivity index (χ1) is 14.5. The number of nitrogens with zero attached hydrogens (tertiary/aromatic N) is 2. The number of pyridine rings is 1. The van der Waals surface area contributed by atoms with Crippen molar-refractivity contribution in [3.8, 4) is 0 Å². The number of carbonyl (C=O) groups excluding carboxylic acids is 2. The van der Waals surface area contributed by atoms with Crippen LogP contribution in [0.4, 0.5) is 0 Å². The van der Waals surface area contributed by atoms with Crippen LogP contribution in [0.25, 0.3) is 5.57 Å². The minimum atomic E-state index is -0.256. The highest BCUT2D eigenvalue weighted by Crippen LogP contribution is 2.39. The molecule has 4 rings (SSSR count). The number of aryl methyl sites for hydroxylation is 2. The van der Waals surface area contributed by atoms with Crippen LogP contribution in [0.5, 0.6) is 0 Å². The molecular weight excluding hydrogens is 392 g/mol. The number of rotatable bonds is 6. The van der Waals surface area contributed by atoms with E-state index in [1.54, 1.807) is 6.20 Å². The zero-order valence-corrected chi connectivity index (χ0v) is 17.8. The average Bonchev–Trinajstić information content (AvgIpc) is 2.98. The molecule has 4 nitrogen and oxygen atoms in total. The van der Waals surface area contributed by atoms with Crippen molar-refractivity contribution in [1.82, 2.24) is 9.88 Å². The van der Waals surface area contributed by atoms with E-state index in [9.17, 15) is 9.59 Å². The first-order valence-corrected chi connectivity index (χ1v) is 10.8. The Labute approximate surface area is 180 Å². The van der Waals surface area contributed by atoms with Gasteiger partial charge in [0, 0.05) is 11.9 Å². The molecule has 0 N–H and O–H groups in total. The highest BCUT2D eigenvalue weighted by Gasteiger charge is 2.39. The fourth-order valence-electron chi connectivity index (χ4n) is 3.55. The largest absolute Gasteiger partial charge is 0.269 e. The van der Waals surface area contributed by atoms with Gasteiger partial charge in [0.25, 0.3) is 11.8 Å². The predicted octanol–water partition coefficient (Wildman–Crippen LogP) is 4.91. The Hall–Kier alpha value is -3.18. The predicted molar refractivity (Wildman–Crippen MR) is 120 cm³/mol. The molecule has 30 heavy (non-hydrogen) atoms. The number of carbonyl (C=O) groups is 2. The maximum atomic E-state index is 13.4. The Bertz CT molecular complexity index is 1120. The number of imide groups is 1. The monoisotopic (exact) mass is 414 g/mol. The minimum absolute atomic E-state index is 0.169. The summed E-state index contributed by atoms with van der Waals surface area (Å²) < 4.78 is 0. The first-order valence-electron chi connectivity index (χ1n) is 9.79. The molecule has 150 valence electrons. The van der Waals surface area contributed by atoms with Crippen LogP contribution in [0.2, 0.25) is 0 Å². The van der Waals surface area contributed by atoms with E-state index in [-0.39, 0.29) is 18.4 Å². The third-order valence-corrected chi connectivity index (χ3v) is 6.19. The summed E-state index contributed by atoms with van der Waals surface area (Å²) in [7, 11) is 0. The number of hydrogen-bond acceptors (Lipinski definition) is 4. The lowest BCUT2D eigenvalue weighted by molar-refractivity contribution is -0.137. The summed E-state index contributed by atoms with van der Waals surface area (Å²) in [6, 6.07) is 21.4. The molecule has 0 unspecified atom stereocenters. The topological polar surface area (TPSA) is 50.3 Å². The van der Waals surface area contributed by atoms with Gasteiger partial charge < -0.3 is 0 Å². The van der Waals surface area contributed by atoms with E-state index in [2.05, 4.69) is 4.98 Å². The van der Waals surface area contributed by atoms with Crippen molar-refractivity contribution in [3.05, 3.63) is 106 Å². The fourth-order valence-corrected chi connectivity index (χ4v) is 4.63. The smallest absolute Gasteiger partial charge is 0.268 e. The molecule has 0 spiro atoms. The lowest BCUT2D eigenvalue weighted by Gasteiger charge is -2.15. The van der Waals surface area contributed by atoms with Crippen molar-refractivity contribution in [2.45, 2.75) is 26.1 Å². The summed E-state index contributed by atoms with van der Waals surface area (Å²) in [5.41, 5.74) is 5.22. The standard InChI is InChI=1S/C25H22N2O2S/c1-17-11-12-21(18(2)14-17)22-23(30-16-19-8-4-3-5-9-19)25(29)27(24(22)28)15-20-10-6-7-13-26-20/h3-14H,15-16H2,1-2H3. The summed E-state index contributed by atoms with van der Waals surface area (Å²) in [4.78, 5) is 32.8. The zero-order valence-electron chi connectivity index (χ0n) is 17.0. The second kappa shape index (κ2) is 8.67. The van der Waals surface area contributed by atoms with Crippen molar-refractivity contribution in [1.29, 1.82) is 0 Å². The molecule has 2 aromatic carbocycles.